The van der Waals surface area contributed by atoms with Gasteiger partial charge in [0.1, 0.15) is 12.1 Å². The summed E-state index contributed by atoms with van der Waals surface area (Å²) in [7, 11) is 0. The number of nitrogens with two attached hydrogens (primary N) is 1. The molecule has 2 aromatic carbocycles. The SMILES string of the molecule is C=CC(=O)NCc1ccc(-c2ncnc(N)c2-c2ccc(Oc3nccc(C)n3)c(F)c2)cc1. The Balaban J connectivity index is 1.64. The molecule has 0 saturated carbocycles. The summed E-state index contributed by atoms with van der Waals surface area (Å²) in [6.07, 6.45) is 4.11. The lowest BCUT2D eigenvalue weighted by molar-refractivity contribution is -0.116. The number of aryl methyl sites for hydroxylation is 1. The Bertz CT molecular complexity index is 1360. The fourth-order valence-corrected chi connectivity index (χ4v) is 3.26. The number of nitrogen functional groups attached to an aromatic ring is 1. The lowest BCUT2D eigenvalue weighted by Gasteiger charge is -2.13. The zero-order chi connectivity index (χ0) is 24.1. The summed E-state index contributed by atoms with van der Waals surface area (Å²) in [6.45, 7) is 5.58. The highest BCUT2D eigenvalue weighted by atomic mass is 19.1. The van der Waals surface area contributed by atoms with Crippen LogP contribution < -0.4 is 15.8 Å². The van der Waals surface area contributed by atoms with Crippen molar-refractivity contribution in [3.8, 4) is 34.1 Å². The molecule has 2 aromatic heterocycles. The van der Waals surface area contributed by atoms with Crippen LogP contribution in [0.1, 0.15) is 11.3 Å². The van der Waals surface area contributed by atoms with Gasteiger partial charge in [0.25, 0.3) is 0 Å². The number of nitrogens with zero attached hydrogens (tertiary/aromatic N) is 4. The third-order valence-electron chi connectivity index (χ3n) is 4.95. The number of anilines is 1. The average Bonchev–Trinajstić information content (AvgIpc) is 2.84. The monoisotopic (exact) mass is 456 g/mol. The van der Waals surface area contributed by atoms with E-state index in [1.165, 1.54) is 30.7 Å². The van der Waals surface area contributed by atoms with Crippen LogP contribution in [0, 0.1) is 12.7 Å². The molecule has 0 aliphatic heterocycles. The average molecular weight is 456 g/mol. The van der Waals surface area contributed by atoms with Crippen LogP contribution >= 0.6 is 0 Å². The Labute approximate surface area is 195 Å². The predicted molar refractivity (Wildman–Crippen MR) is 126 cm³/mol. The van der Waals surface area contributed by atoms with Crippen LogP contribution in [0.4, 0.5) is 10.2 Å². The summed E-state index contributed by atoms with van der Waals surface area (Å²) in [5.74, 6) is -0.664. The van der Waals surface area contributed by atoms with Gasteiger partial charge in [-0.3, -0.25) is 4.79 Å². The number of benzene rings is 2. The summed E-state index contributed by atoms with van der Waals surface area (Å²) in [5, 5.41) is 2.72. The molecule has 2 heterocycles. The van der Waals surface area contributed by atoms with E-state index < -0.39 is 5.82 Å². The van der Waals surface area contributed by atoms with Crippen molar-refractivity contribution >= 4 is 11.7 Å². The summed E-state index contributed by atoms with van der Waals surface area (Å²) in [5.41, 5.74) is 10.1. The molecule has 0 bridgehead atoms. The number of aromatic nitrogens is 4. The van der Waals surface area contributed by atoms with Crippen molar-refractivity contribution in [3.05, 3.63) is 90.8 Å². The van der Waals surface area contributed by atoms with Gasteiger partial charge >= 0.3 is 6.01 Å². The van der Waals surface area contributed by atoms with Gasteiger partial charge in [-0.05, 0) is 42.3 Å². The smallest absolute Gasteiger partial charge is 0.322 e. The molecule has 1 amide bonds. The predicted octanol–water partition coefficient (Wildman–Crippen LogP) is 4.22. The summed E-state index contributed by atoms with van der Waals surface area (Å²) in [6, 6.07) is 13.7. The zero-order valence-corrected chi connectivity index (χ0v) is 18.3. The number of nitrogens with one attached hydrogen (secondary N) is 1. The second-order valence-corrected chi connectivity index (χ2v) is 7.33. The first kappa shape index (κ1) is 22.5. The molecule has 0 aliphatic carbocycles. The fraction of sp³-hybridized carbons (Fsp3) is 0.0800. The first-order valence-corrected chi connectivity index (χ1v) is 10.3. The van der Waals surface area contributed by atoms with Gasteiger partial charge in [-0.15, -0.1) is 0 Å². The zero-order valence-electron chi connectivity index (χ0n) is 18.3. The minimum atomic E-state index is -0.606. The lowest BCUT2D eigenvalue weighted by atomic mass is 9.98. The maximum Gasteiger partial charge on any atom is 0.322 e. The molecule has 4 rings (SSSR count). The second kappa shape index (κ2) is 9.86. The highest BCUT2D eigenvalue weighted by Gasteiger charge is 2.16. The largest absolute Gasteiger partial charge is 0.421 e. The van der Waals surface area contributed by atoms with E-state index in [0.717, 1.165) is 11.1 Å². The molecule has 9 heteroatoms. The molecule has 0 atom stereocenters. The summed E-state index contributed by atoms with van der Waals surface area (Å²) in [4.78, 5) is 28.0. The third kappa shape index (κ3) is 5.04. The molecule has 0 radical (unpaired) electrons. The maximum absolute atomic E-state index is 14.9. The highest BCUT2D eigenvalue weighted by Crippen LogP contribution is 2.36. The molecular weight excluding hydrogens is 435 g/mol. The van der Waals surface area contributed by atoms with Crippen molar-refractivity contribution in [2.45, 2.75) is 13.5 Å². The molecule has 0 spiro atoms. The van der Waals surface area contributed by atoms with Crippen molar-refractivity contribution in [1.82, 2.24) is 25.3 Å². The van der Waals surface area contributed by atoms with E-state index in [0.29, 0.717) is 29.1 Å². The highest BCUT2D eigenvalue weighted by molar-refractivity contribution is 5.88. The van der Waals surface area contributed by atoms with Gasteiger partial charge in [-0.1, -0.05) is 36.9 Å². The van der Waals surface area contributed by atoms with Crippen LogP contribution in [0.25, 0.3) is 22.4 Å². The molecule has 8 nitrogen and oxygen atoms in total. The van der Waals surface area contributed by atoms with E-state index in [-0.39, 0.29) is 23.5 Å². The van der Waals surface area contributed by atoms with Gasteiger partial charge in [0.2, 0.25) is 5.91 Å². The molecule has 4 aromatic rings. The number of ether oxygens (including phenoxy) is 1. The Hall–Kier alpha value is -4.66. The van der Waals surface area contributed by atoms with Gasteiger partial charge in [-0.2, -0.15) is 0 Å². The standard InChI is InChI=1S/C25H21FN6O2/c1-3-21(33)29-13-16-4-6-17(7-5-16)23-22(24(27)31-14-30-23)18-8-9-20(19(26)12-18)34-25-28-11-10-15(2)32-25/h3-12,14H,1,13H2,2H3,(H,29,33)(H2,27,30,31). The van der Waals surface area contributed by atoms with Crippen LogP contribution in [0.15, 0.2) is 73.7 Å². The number of carbonyl (C=O) groups is 1. The van der Waals surface area contributed by atoms with Gasteiger partial charge < -0.3 is 15.8 Å². The van der Waals surface area contributed by atoms with Crippen molar-refractivity contribution in [2.24, 2.45) is 0 Å². The van der Waals surface area contributed by atoms with Gasteiger partial charge in [0.05, 0.1) is 11.3 Å². The van der Waals surface area contributed by atoms with Crippen molar-refractivity contribution < 1.29 is 13.9 Å². The van der Waals surface area contributed by atoms with Crippen molar-refractivity contribution in [2.75, 3.05) is 5.73 Å². The molecule has 34 heavy (non-hydrogen) atoms. The minimum absolute atomic E-state index is 0.0164. The number of halogens is 1. The number of rotatable bonds is 7. The van der Waals surface area contributed by atoms with Crippen LogP contribution in [-0.2, 0) is 11.3 Å². The number of amides is 1. The molecule has 0 fully saturated rings. The Kier molecular flexibility index (Phi) is 6.54. The minimum Gasteiger partial charge on any atom is -0.421 e. The number of carbonyl (C=O) groups excluding carboxylic acids is 1. The Morgan fingerprint density at radius 3 is 2.59 bits per heavy atom. The number of hydrogen-bond acceptors (Lipinski definition) is 7. The first-order valence-electron chi connectivity index (χ1n) is 10.3. The van der Waals surface area contributed by atoms with Crippen LogP contribution in [-0.4, -0.2) is 25.8 Å². The van der Waals surface area contributed by atoms with E-state index >= 15 is 0 Å². The van der Waals surface area contributed by atoms with Crippen LogP contribution in [0.3, 0.4) is 0 Å². The lowest BCUT2D eigenvalue weighted by Crippen LogP contribution is -2.19. The van der Waals surface area contributed by atoms with Gasteiger partial charge in [0, 0.05) is 24.0 Å². The Morgan fingerprint density at radius 2 is 1.88 bits per heavy atom. The van der Waals surface area contributed by atoms with Gasteiger partial charge in [0.15, 0.2) is 11.6 Å². The third-order valence-corrected chi connectivity index (χ3v) is 4.95. The molecule has 3 N–H and O–H groups in total. The molecule has 0 unspecified atom stereocenters. The van der Waals surface area contributed by atoms with Crippen LogP contribution in [0.5, 0.6) is 11.8 Å². The second-order valence-electron chi connectivity index (χ2n) is 7.33. The topological polar surface area (TPSA) is 116 Å². The van der Waals surface area contributed by atoms with E-state index in [4.69, 9.17) is 10.5 Å². The van der Waals surface area contributed by atoms with E-state index in [9.17, 15) is 9.18 Å². The van der Waals surface area contributed by atoms with Crippen molar-refractivity contribution in [3.63, 3.8) is 0 Å². The van der Waals surface area contributed by atoms with Gasteiger partial charge in [-0.25, -0.2) is 24.3 Å². The van der Waals surface area contributed by atoms with Crippen molar-refractivity contribution in [1.29, 1.82) is 0 Å². The Morgan fingerprint density at radius 1 is 1.12 bits per heavy atom. The van der Waals surface area contributed by atoms with E-state index in [1.54, 1.807) is 19.1 Å². The number of hydrogen-bond donors (Lipinski definition) is 2. The van der Waals surface area contributed by atoms with E-state index in [2.05, 4.69) is 31.8 Å². The summed E-state index contributed by atoms with van der Waals surface area (Å²) < 4.78 is 20.4. The molecule has 0 aliphatic rings. The van der Waals surface area contributed by atoms with E-state index in [1.807, 2.05) is 24.3 Å². The quantitative estimate of drug-likeness (QED) is 0.400. The first-order chi connectivity index (χ1) is 16.4. The molecule has 0 saturated heterocycles. The molecular formula is C25H21FN6O2. The summed E-state index contributed by atoms with van der Waals surface area (Å²) >= 11 is 0. The fourth-order valence-electron chi connectivity index (χ4n) is 3.26. The normalized spacial score (nSPS) is 10.5. The van der Waals surface area contributed by atoms with Crippen LogP contribution in [0.2, 0.25) is 0 Å². The molecule has 170 valence electrons. The maximum atomic E-state index is 14.9.